The number of hydrogen-bond acceptors (Lipinski definition) is 4. The van der Waals surface area contributed by atoms with Crippen molar-refractivity contribution in [3.8, 4) is 0 Å². The molecular formula is C20H22ClN5O. The molecule has 1 saturated heterocycles. The number of hydrogen-bond donors (Lipinski definition) is 1. The molecule has 140 valence electrons. The summed E-state index contributed by atoms with van der Waals surface area (Å²) in [5.74, 6) is 0.772. The highest BCUT2D eigenvalue weighted by Crippen LogP contribution is 2.21. The van der Waals surface area contributed by atoms with E-state index in [4.69, 9.17) is 11.6 Å². The van der Waals surface area contributed by atoms with Gasteiger partial charge in [-0.1, -0.05) is 17.7 Å². The summed E-state index contributed by atoms with van der Waals surface area (Å²) < 4.78 is 2.12. The maximum atomic E-state index is 12.6. The summed E-state index contributed by atoms with van der Waals surface area (Å²) in [6.07, 6.45) is 7.37. The van der Waals surface area contributed by atoms with E-state index < -0.39 is 0 Å². The van der Waals surface area contributed by atoms with Crippen LogP contribution in [0.1, 0.15) is 12.8 Å². The predicted molar refractivity (Wildman–Crippen MR) is 107 cm³/mol. The van der Waals surface area contributed by atoms with Crippen LogP contribution in [0.5, 0.6) is 0 Å². The van der Waals surface area contributed by atoms with Crippen LogP contribution < -0.4 is 10.2 Å². The fraction of sp³-hybridized carbons (Fsp3) is 0.350. The fourth-order valence-electron chi connectivity index (χ4n) is 3.62. The van der Waals surface area contributed by atoms with Gasteiger partial charge in [-0.25, -0.2) is 9.97 Å². The average molecular weight is 384 g/mol. The maximum Gasteiger partial charge on any atom is 0.225 e. The largest absolute Gasteiger partial charge is 0.354 e. The Morgan fingerprint density at radius 3 is 2.96 bits per heavy atom. The molecule has 1 fully saturated rings. The zero-order valence-corrected chi connectivity index (χ0v) is 15.8. The maximum absolute atomic E-state index is 12.6. The second-order valence-corrected chi connectivity index (χ2v) is 7.27. The van der Waals surface area contributed by atoms with E-state index in [0.717, 1.165) is 35.3 Å². The summed E-state index contributed by atoms with van der Waals surface area (Å²) in [4.78, 5) is 23.3. The minimum Gasteiger partial charge on any atom is -0.354 e. The summed E-state index contributed by atoms with van der Waals surface area (Å²) in [6, 6.07) is 9.72. The summed E-state index contributed by atoms with van der Waals surface area (Å²) in [7, 11) is 0. The van der Waals surface area contributed by atoms with Gasteiger partial charge in [0.25, 0.3) is 0 Å². The van der Waals surface area contributed by atoms with Crippen molar-refractivity contribution in [2.45, 2.75) is 19.4 Å². The average Bonchev–Trinajstić information content (AvgIpc) is 3.11. The lowest BCUT2D eigenvalue weighted by Crippen LogP contribution is -2.44. The van der Waals surface area contributed by atoms with Gasteiger partial charge in [0.05, 0.1) is 5.92 Å². The lowest BCUT2D eigenvalue weighted by atomic mass is 9.97. The molecule has 4 rings (SSSR count). The highest BCUT2D eigenvalue weighted by molar-refractivity contribution is 6.31. The predicted octanol–water partition coefficient (Wildman–Crippen LogP) is 3.12. The van der Waals surface area contributed by atoms with E-state index in [-0.39, 0.29) is 11.8 Å². The van der Waals surface area contributed by atoms with Crippen molar-refractivity contribution in [2.24, 2.45) is 5.92 Å². The molecule has 0 radical (unpaired) electrons. The third-order valence-electron chi connectivity index (χ3n) is 5.02. The van der Waals surface area contributed by atoms with Gasteiger partial charge >= 0.3 is 0 Å². The lowest BCUT2D eigenvalue weighted by molar-refractivity contribution is -0.125. The number of piperidine rings is 1. The second kappa shape index (κ2) is 7.96. The molecular weight excluding hydrogens is 362 g/mol. The highest BCUT2D eigenvalue weighted by atomic mass is 35.5. The summed E-state index contributed by atoms with van der Waals surface area (Å²) in [5.41, 5.74) is 1.09. The van der Waals surface area contributed by atoms with E-state index in [1.165, 1.54) is 0 Å². The molecule has 1 aliphatic rings. The molecule has 1 atom stereocenters. The summed E-state index contributed by atoms with van der Waals surface area (Å²) in [5, 5.41) is 4.95. The third-order valence-corrected chi connectivity index (χ3v) is 5.25. The second-order valence-electron chi connectivity index (χ2n) is 6.84. The van der Waals surface area contributed by atoms with Crippen LogP contribution in [0.4, 0.5) is 5.95 Å². The molecule has 7 heteroatoms. The SMILES string of the molecule is O=C(NCCn1ccc2ccc(Cl)cc21)[C@@H]1CCCN(c2ncccn2)C1. The smallest absolute Gasteiger partial charge is 0.225 e. The van der Waals surface area contributed by atoms with E-state index in [1.54, 1.807) is 18.5 Å². The van der Waals surface area contributed by atoms with Gasteiger partial charge in [-0.3, -0.25) is 4.79 Å². The first-order valence-electron chi connectivity index (χ1n) is 9.25. The van der Waals surface area contributed by atoms with Gasteiger partial charge in [0.1, 0.15) is 0 Å². The Labute approximate surface area is 163 Å². The van der Waals surface area contributed by atoms with Crippen molar-refractivity contribution >= 4 is 34.4 Å². The molecule has 2 aromatic heterocycles. The molecule has 1 amide bonds. The molecule has 1 aliphatic heterocycles. The zero-order chi connectivity index (χ0) is 18.6. The number of halogens is 1. The molecule has 6 nitrogen and oxygen atoms in total. The fourth-order valence-corrected chi connectivity index (χ4v) is 3.79. The monoisotopic (exact) mass is 383 g/mol. The molecule has 0 unspecified atom stereocenters. The summed E-state index contributed by atoms with van der Waals surface area (Å²) >= 11 is 6.10. The molecule has 0 bridgehead atoms. The van der Waals surface area contributed by atoms with E-state index in [9.17, 15) is 4.79 Å². The molecule has 0 saturated carbocycles. The number of nitrogens with zero attached hydrogens (tertiary/aromatic N) is 4. The van der Waals surface area contributed by atoms with Crippen LogP contribution in [-0.4, -0.2) is 40.1 Å². The molecule has 27 heavy (non-hydrogen) atoms. The topological polar surface area (TPSA) is 63.1 Å². The molecule has 1 aromatic carbocycles. The van der Waals surface area contributed by atoms with Crippen molar-refractivity contribution in [1.29, 1.82) is 0 Å². The van der Waals surface area contributed by atoms with Crippen LogP contribution in [-0.2, 0) is 11.3 Å². The van der Waals surface area contributed by atoms with Gasteiger partial charge in [-0.2, -0.15) is 0 Å². The normalized spacial score (nSPS) is 17.2. The first kappa shape index (κ1) is 17.8. The Balaban J connectivity index is 1.33. The van der Waals surface area contributed by atoms with Gasteiger partial charge in [-0.15, -0.1) is 0 Å². The number of fused-ring (bicyclic) bond motifs is 1. The van der Waals surface area contributed by atoms with Gasteiger partial charge in [0.2, 0.25) is 11.9 Å². The number of carbonyl (C=O) groups excluding carboxylic acids is 1. The number of aromatic nitrogens is 3. The van der Waals surface area contributed by atoms with Crippen molar-refractivity contribution < 1.29 is 4.79 Å². The van der Waals surface area contributed by atoms with Crippen LogP contribution in [0.3, 0.4) is 0 Å². The van der Waals surface area contributed by atoms with Gasteiger partial charge in [0.15, 0.2) is 0 Å². The van der Waals surface area contributed by atoms with Crippen LogP contribution in [0, 0.1) is 5.92 Å². The molecule has 1 N–H and O–H groups in total. The molecule has 3 aromatic rings. The zero-order valence-electron chi connectivity index (χ0n) is 15.0. The Morgan fingerprint density at radius 2 is 2.11 bits per heavy atom. The van der Waals surface area contributed by atoms with E-state index in [0.29, 0.717) is 25.6 Å². The molecule has 3 heterocycles. The highest BCUT2D eigenvalue weighted by Gasteiger charge is 2.26. The lowest BCUT2D eigenvalue weighted by Gasteiger charge is -2.31. The number of benzene rings is 1. The molecule has 0 aliphatic carbocycles. The van der Waals surface area contributed by atoms with E-state index in [2.05, 4.69) is 30.8 Å². The number of rotatable bonds is 5. The van der Waals surface area contributed by atoms with Gasteiger partial charge in [0, 0.05) is 55.3 Å². The number of nitrogens with one attached hydrogen (secondary N) is 1. The van der Waals surface area contributed by atoms with E-state index in [1.807, 2.05) is 24.4 Å². The van der Waals surface area contributed by atoms with Crippen LogP contribution in [0.2, 0.25) is 5.02 Å². The standard InChI is InChI=1S/C20H22ClN5O/c21-17-5-4-15-6-11-25(18(15)13-17)12-9-22-19(27)16-3-1-10-26(14-16)20-23-7-2-8-24-20/h2,4-8,11,13,16H,1,3,9-10,12,14H2,(H,22,27)/t16-/m1/s1. The number of amides is 1. The quantitative estimate of drug-likeness (QED) is 0.735. The van der Waals surface area contributed by atoms with Crippen molar-refractivity contribution in [3.05, 3.63) is 53.9 Å². The Hall–Kier alpha value is -2.60. The Bertz CT molecular complexity index is 927. The summed E-state index contributed by atoms with van der Waals surface area (Å²) in [6.45, 7) is 2.86. The number of anilines is 1. The molecule has 0 spiro atoms. The van der Waals surface area contributed by atoms with Crippen molar-refractivity contribution in [1.82, 2.24) is 19.9 Å². The first-order chi connectivity index (χ1) is 13.2. The Kier molecular flexibility index (Phi) is 5.25. The number of carbonyl (C=O) groups is 1. The van der Waals surface area contributed by atoms with Gasteiger partial charge in [-0.05, 0) is 42.5 Å². The van der Waals surface area contributed by atoms with Crippen molar-refractivity contribution in [3.63, 3.8) is 0 Å². The van der Waals surface area contributed by atoms with Crippen molar-refractivity contribution in [2.75, 3.05) is 24.5 Å². The van der Waals surface area contributed by atoms with Crippen LogP contribution in [0.25, 0.3) is 10.9 Å². The van der Waals surface area contributed by atoms with Gasteiger partial charge < -0.3 is 14.8 Å². The minimum atomic E-state index is -0.0293. The van der Waals surface area contributed by atoms with Crippen LogP contribution >= 0.6 is 11.6 Å². The minimum absolute atomic E-state index is 0.0293. The first-order valence-corrected chi connectivity index (χ1v) is 9.62. The third kappa shape index (κ3) is 4.06. The van der Waals surface area contributed by atoms with Crippen LogP contribution in [0.15, 0.2) is 48.9 Å². The Morgan fingerprint density at radius 1 is 1.26 bits per heavy atom. The van der Waals surface area contributed by atoms with E-state index >= 15 is 0 Å².